The van der Waals surface area contributed by atoms with E-state index in [9.17, 15) is 18.0 Å². The van der Waals surface area contributed by atoms with Crippen molar-refractivity contribution in [2.75, 3.05) is 0 Å². The van der Waals surface area contributed by atoms with Gasteiger partial charge in [0.05, 0.1) is 17.7 Å². The van der Waals surface area contributed by atoms with Crippen LogP contribution in [0.3, 0.4) is 0 Å². The third kappa shape index (κ3) is 5.37. The van der Waals surface area contributed by atoms with Crippen LogP contribution in [0, 0.1) is 0 Å². The number of ether oxygens (including phenoxy) is 1. The molecule has 182 valence electrons. The minimum atomic E-state index is -4.47. The van der Waals surface area contributed by atoms with Crippen molar-refractivity contribution in [3.05, 3.63) is 63.6 Å². The Morgan fingerprint density at radius 3 is 2.33 bits per heavy atom. The highest BCUT2D eigenvalue weighted by molar-refractivity contribution is 6.74. The molecule has 2 unspecified atom stereocenters. The van der Waals surface area contributed by atoms with Crippen LogP contribution >= 0.6 is 0 Å². The molecule has 2 heterocycles. The maximum absolute atomic E-state index is 13.4. The molecule has 1 aromatic heterocycles. The van der Waals surface area contributed by atoms with Crippen molar-refractivity contribution in [1.29, 1.82) is 0 Å². The highest BCUT2D eigenvalue weighted by Gasteiger charge is 2.40. The molecule has 0 saturated carbocycles. The van der Waals surface area contributed by atoms with Gasteiger partial charge in [0, 0.05) is 24.2 Å². The molecule has 0 N–H and O–H groups in total. The molecule has 0 aliphatic carbocycles. The molecule has 3 rings (SSSR count). The molecule has 0 radical (unpaired) electrons. The van der Waals surface area contributed by atoms with Gasteiger partial charge in [-0.1, -0.05) is 20.8 Å². The van der Waals surface area contributed by atoms with Crippen molar-refractivity contribution in [2.24, 2.45) is 0 Å². The molecule has 0 spiro atoms. The number of hydrogen-bond acceptors (Lipinski definition) is 3. The van der Waals surface area contributed by atoms with Crippen LogP contribution in [0.5, 0.6) is 5.75 Å². The number of fused-ring (bicyclic) bond motifs is 1. The third-order valence-corrected chi connectivity index (χ3v) is 11.4. The fourth-order valence-electron chi connectivity index (χ4n) is 3.94. The van der Waals surface area contributed by atoms with E-state index in [1.54, 1.807) is 6.20 Å². The van der Waals surface area contributed by atoms with Crippen LogP contribution in [0.15, 0.2) is 41.3 Å². The number of aromatic nitrogens is 1. The summed E-state index contributed by atoms with van der Waals surface area (Å²) >= 11 is 0. The molecule has 0 bridgehead atoms. The minimum Gasteiger partial charge on any atom is -0.487 e. The lowest BCUT2D eigenvalue weighted by atomic mass is 9.88. The predicted molar refractivity (Wildman–Crippen MR) is 126 cm³/mol. The van der Waals surface area contributed by atoms with E-state index >= 15 is 0 Å². The normalized spacial score (nSPS) is 19.5. The molecule has 0 saturated heterocycles. The first-order valence-corrected chi connectivity index (χ1v) is 14.1. The standard InChI is InChI=1S/C25H34F3NO3Si/c1-16(32-33(7,8)23(2,3)4)17-11-12-29(22(30)13-17)20-15-24(5,6)31-21-10-9-18(14-19(20)21)25(26,27)28/h9-14,16,20H,15H2,1-8H3. The molecule has 0 amide bonds. The number of pyridine rings is 1. The Labute approximate surface area is 194 Å². The lowest BCUT2D eigenvalue weighted by molar-refractivity contribution is -0.137. The first-order valence-electron chi connectivity index (χ1n) is 11.2. The van der Waals surface area contributed by atoms with Gasteiger partial charge in [0.25, 0.3) is 5.56 Å². The van der Waals surface area contributed by atoms with E-state index in [0.717, 1.165) is 17.7 Å². The van der Waals surface area contributed by atoms with Gasteiger partial charge in [0.15, 0.2) is 8.32 Å². The van der Waals surface area contributed by atoms with Gasteiger partial charge in [-0.2, -0.15) is 13.2 Å². The van der Waals surface area contributed by atoms with Crippen molar-refractivity contribution >= 4 is 8.32 Å². The number of hydrogen-bond donors (Lipinski definition) is 0. The molecular formula is C25H34F3NO3Si. The Morgan fingerprint density at radius 1 is 1.15 bits per heavy atom. The number of nitrogens with zero attached hydrogens (tertiary/aromatic N) is 1. The zero-order chi connectivity index (χ0) is 25.0. The zero-order valence-electron chi connectivity index (χ0n) is 20.6. The Kier molecular flexibility index (Phi) is 6.43. The van der Waals surface area contributed by atoms with E-state index in [4.69, 9.17) is 9.16 Å². The summed E-state index contributed by atoms with van der Waals surface area (Å²) in [6.07, 6.45) is -2.70. The predicted octanol–water partition coefficient (Wildman–Crippen LogP) is 7.10. The fourth-order valence-corrected chi connectivity index (χ4v) is 5.32. The van der Waals surface area contributed by atoms with Gasteiger partial charge in [-0.3, -0.25) is 4.79 Å². The molecule has 4 nitrogen and oxygen atoms in total. The maximum atomic E-state index is 13.4. The summed E-state index contributed by atoms with van der Waals surface area (Å²) in [7, 11) is -2.04. The Hall–Kier alpha value is -2.06. The van der Waals surface area contributed by atoms with Crippen LogP contribution in [0.2, 0.25) is 18.1 Å². The second-order valence-corrected chi connectivity index (χ2v) is 15.8. The first kappa shape index (κ1) is 25.6. The molecule has 1 aliphatic heterocycles. The van der Waals surface area contributed by atoms with Crippen molar-refractivity contribution in [3.63, 3.8) is 0 Å². The van der Waals surface area contributed by atoms with Crippen LogP contribution in [-0.2, 0) is 10.6 Å². The smallest absolute Gasteiger partial charge is 0.416 e. The van der Waals surface area contributed by atoms with Crippen molar-refractivity contribution < 1.29 is 22.3 Å². The van der Waals surface area contributed by atoms with Gasteiger partial charge in [-0.15, -0.1) is 0 Å². The van der Waals surface area contributed by atoms with Crippen LogP contribution in [0.1, 0.15) is 76.8 Å². The van der Waals surface area contributed by atoms with E-state index in [2.05, 4.69) is 33.9 Å². The average Bonchev–Trinajstić information content (AvgIpc) is 2.64. The van der Waals surface area contributed by atoms with Gasteiger partial charge in [-0.05, 0) is 68.7 Å². The summed E-state index contributed by atoms with van der Waals surface area (Å²) in [5.74, 6) is 0.370. The highest BCUT2D eigenvalue weighted by atomic mass is 28.4. The lowest BCUT2D eigenvalue weighted by Crippen LogP contribution is -2.41. The molecule has 2 atom stereocenters. The van der Waals surface area contributed by atoms with Crippen LogP contribution < -0.4 is 10.3 Å². The summed E-state index contributed by atoms with van der Waals surface area (Å²) in [6.45, 7) is 16.5. The van der Waals surface area contributed by atoms with Gasteiger partial charge in [0.2, 0.25) is 0 Å². The summed E-state index contributed by atoms with van der Waals surface area (Å²) in [5.41, 5.74) is -0.532. The van der Waals surface area contributed by atoms with Crippen LogP contribution in [0.25, 0.3) is 0 Å². The summed E-state index contributed by atoms with van der Waals surface area (Å²) in [6, 6.07) is 6.26. The topological polar surface area (TPSA) is 40.5 Å². The van der Waals surface area contributed by atoms with E-state index in [0.29, 0.717) is 17.7 Å². The third-order valence-electron chi connectivity index (χ3n) is 6.82. The SMILES string of the molecule is CC(O[Si](C)(C)C(C)(C)C)c1ccn(C2CC(C)(C)Oc3ccc(C(F)(F)F)cc32)c(=O)c1. The first-order chi connectivity index (χ1) is 14.9. The quantitative estimate of drug-likeness (QED) is 0.437. The van der Waals surface area contributed by atoms with Gasteiger partial charge >= 0.3 is 6.18 Å². The molecule has 8 heteroatoms. The number of alkyl halides is 3. The summed E-state index contributed by atoms with van der Waals surface area (Å²) in [4.78, 5) is 13.2. The fraction of sp³-hybridized carbons (Fsp3) is 0.560. The second kappa shape index (κ2) is 8.31. The van der Waals surface area contributed by atoms with Crippen LogP contribution in [0.4, 0.5) is 13.2 Å². The Balaban J connectivity index is 2.00. The molecule has 2 aromatic rings. The highest BCUT2D eigenvalue weighted by Crippen LogP contribution is 2.44. The van der Waals surface area contributed by atoms with Crippen molar-refractivity contribution in [1.82, 2.24) is 4.57 Å². The van der Waals surface area contributed by atoms with Crippen LogP contribution in [-0.4, -0.2) is 18.5 Å². The van der Waals surface area contributed by atoms with E-state index in [-0.39, 0.29) is 16.7 Å². The van der Waals surface area contributed by atoms with Gasteiger partial charge < -0.3 is 13.7 Å². The lowest BCUT2D eigenvalue weighted by Gasteiger charge is -2.39. The molecule has 1 aliphatic rings. The Morgan fingerprint density at radius 2 is 1.79 bits per heavy atom. The minimum absolute atomic E-state index is 0.0316. The number of halogens is 3. The van der Waals surface area contributed by atoms with Gasteiger partial charge in [0.1, 0.15) is 11.4 Å². The second-order valence-electron chi connectivity index (χ2n) is 11.1. The monoisotopic (exact) mass is 481 g/mol. The summed E-state index contributed by atoms with van der Waals surface area (Å²) < 4.78 is 53.9. The van der Waals surface area contributed by atoms with Gasteiger partial charge in [-0.25, -0.2) is 0 Å². The molecule has 1 aromatic carbocycles. The largest absolute Gasteiger partial charge is 0.487 e. The molecular weight excluding hydrogens is 447 g/mol. The van der Waals surface area contributed by atoms with Crippen molar-refractivity contribution in [3.8, 4) is 5.75 Å². The zero-order valence-corrected chi connectivity index (χ0v) is 21.6. The van der Waals surface area contributed by atoms with E-state index in [1.807, 2.05) is 26.8 Å². The number of rotatable bonds is 4. The molecule has 0 fully saturated rings. The maximum Gasteiger partial charge on any atom is 0.416 e. The Bertz CT molecular complexity index is 1080. The average molecular weight is 482 g/mol. The van der Waals surface area contributed by atoms with E-state index in [1.165, 1.54) is 16.7 Å². The summed E-state index contributed by atoms with van der Waals surface area (Å²) in [5, 5.41) is 0.0316. The molecule has 33 heavy (non-hydrogen) atoms. The number of benzene rings is 1. The van der Waals surface area contributed by atoms with E-state index < -0.39 is 31.7 Å². The van der Waals surface area contributed by atoms with Crippen molar-refractivity contribution in [2.45, 2.75) is 90.0 Å².